The molecule has 1 fully saturated rings. The van der Waals surface area contributed by atoms with Crippen molar-refractivity contribution in [1.29, 1.82) is 0 Å². The van der Waals surface area contributed by atoms with E-state index in [1.165, 1.54) is 17.1 Å². The Kier molecular flexibility index (Phi) is 4.57. The van der Waals surface area contributed by atoms with Gasteiger partial charge < -0.3 is 10.4 Å². The largest absolute Gasteiger partial charge is 0.506 e. The van der Waals surface area contributed by atoms with Gasteiger partial charge in [-0.15, -0.1) is 0 Å². The molecule has 2 atom stereocenters. The van der Waals surface area contributed by atoms with Crippen molar-refractivity contribution in [3.05, 3.63) is 66.2 Å². The molecule has 2 aromatic rings. The third-order valence-electron chi connectivity index (χ3n) is 5.05. The van der Waals surface area contributed by atoms with E-state index in [1.54, 1.807) is 36.4 Å². The van der Waals surface area contributed by atoms with Crippen LogP contribution in [-0.2, 0) is 9.59 Å². The van der Waals surface area contributed by atoms with Gasteiger partial charge in [0.2, 0.25) is 11.8 Å². The van der Waals surface area contributed by atoms with Crippen LogP contribution in [0.5, 0.6) is 5.75 Å². The number of hydrogen-bond acceptors (Lipinski definition) is 4. The maximum absolute atomic E-state index is 12.9. The van der Waals surface area contributed by atoms with Crippen LogP contribution < -0.4 is 15.8 Å². The highest BCUT2D eigenvalue weighted by Gasteiger charge is 2.42. The standard InChI is InChI=1S/C21H19N3O4/c25-18-11-4-3-10-17(18)22-19(26)13-6-5-7-14(12-13)24-21(28)16-9-2-1-8-15(16)20(27)23-24/h1-7,10-12,15-16,25H,8-9H2,(H,22,26)(H,23,27)/t15-,16+/m0/s1. The summed E-state index contributed by atoms with van der Waals surface area (Å²) >= 11 is 0. The fraction of sp³-hybridized carbons (Fsp3) is 0.190. The van der Waals surface area contributed by atoms with Gasteiger partial charge in [-0.3, -0.25) is 19.8 Å². The second-order valence-corrected chi connectivity index (χ2v) is 6.83. The number of rotatable bonds is 3. The molecule has 0 radical (unpaired) electrons. The fourth-order valence-electron chi connectivity index (χ4n) is 3.54. The molecule has 0 unspecified atom stereocenters. The van der Waals surface area contributed by atoms with Crippen LogP contribution in [0.1, 0.15) is 23.2 Å². The first-order valence-corrected chi connectivity index (χ1v) is 9.03. The number of aromatic hydroxyl groups is 1. The summed E-state index contributed by atoms with van der Waals surface area (Å²) in [5, 5.41) is 13.7. The van der Waals surface area contributed by atoms with Crippen LogP contribution in [0.4, 0.5) is 11.4 Å². The van der Waals surface area contributed by atoms with E-state index < -0.39 is 11.8 Å². The van der Waals surface area contributed by atoms with E-state index in [0.29, 0.717) is 24.1 Å². The van der Waals surface area contributed by atoms with Crippen molar-refractivity contribution in [3.8, 4) is 5.75 Å². The molecule has 7 nitrogen and oxygen atoms in total. The first kappa shape index (κ1) is 17.8. The molecular weight excluding hydrogens is 358 g/mol. The lowest BCUT2D eigenvalue weighted by atomic mass is 9.80. The van der Waals surface area contributed by atoms with Crippen LogP contribution in [0.25, 0.3) is 0 Å². The van der Waals surface area contributed by atoms with Crippen LogP contribution in [0, 0.1) is 11.8 Å². The Morgan fingerprint density at radius 2 is 1.79 bits per heavy atom. The van der Waals surface area contributed by atoms with E-state index in [1.807, 2.05) is 12.2 Å². The predicted octanol–water partition coefficient (Wildman–Crippen LogP) is 2.60. The minimum absolute atomic E-state index is 0.0399. The zero-order valence-electron chi connectivity index (χ0n) is 15.0. The van der Waals surface area contributed by atoms with E-state index in [-0.39, 0.29) is 29.2 Å². The molecule has 2 aliphatic rings. The van der Waals surface area contributed by atoms with Gasteiger partial charge >= 0.3 is 0 Å². The lowest BCUT2D eigenvalue weighted by Gasteiger charge is -2.38. The molecule has 1 saturated heterocycles. The van der Waals surface area contributed by atoms with Gasteiger partial charge in [-0.25, -0.2) is 5.01 Å². The van der Waals surface area contributed by atoms with Gasteiger partial charge in [0.25, 0.3) is 5.91 Å². The summed E-state index contributed by atoms with van der Waals surface area (Å²) < 4.78 is 0. The highest BCUT2D eigenvalue weighted by atomic mass is 16.3. The van der Waals surface area contributed by atoms with Gasteiger partial charge in [0.15, 0.2) is 0 Å². The lowest BCUT2D eigenvalue weighted by molar-refractivity contribution is -0.139. The third kappa shape index (κ3) is 3.22. The fourth-order valence-corrected chi connectivity index (χ4v) is 3.54. The number of hydrazine groups is 1. The first-order valence-electron chi connectivity index (χ1n) is 9.03. The number of para-hydroxylation sites is 2. The third-order valence-corrected chi connectivity index (χ3v) is 5.05. The van der Waals surface area contributed by atoms with Crippen LogP contribution in [0.2, 0.25) is 0 Å². The number of phenolic OH excluding ortho intramolecular Hbond substituents is 1. The number of carbonyl (C=O) groups excluding carboxylic acids is 3. The number of phenols is 1. The van der Waals surface area contributed by atoms with Gasteiger partial charge in [-0.05, 0) is 43.2 Å². The van der Waals surface area contributed by atoms with Crippen molar-refractivity contribution in [2.24, 2.45) is 11.8 Å². The molecule has 28 heavy (non-hydrogen) atoms. The molecule has 1 aliphatic heterocycles. The Bertz CT molecular complexity index is 985. The van der Waals surface area contributed by atoms with E-state index in [4.69, 9.17) is 0 Å². The molecule has 0 spiro atoms. The summed E-state index contributed by atoms with van der Waals surface area (Å²) in [5.41, 5.74) is 3.65. The predicted molar refractivity (Wildman–Crippen MR) is 103 cm³/mol. The van der Waals surface area contributed by atoms with E-state index in [9.17, 15) is 19.5 Å². The lowest BCUT2D eigenvalue weighted by Crippen LogP contribution is -2.59. The molecule has 1 heterocycles. The molecule has 142 valence electrons. The van der Waals surface area contributed by atoms with Gasteiger partial charge in [-0.2, -0.15) is 0 Å². The summed E-state index contributed by atoms with van der Waals surface area (Å²) in [6.07, 6.45) is 4.93. The molecule has 2 aromatic carbocycles. The summed E-state index contributed by atoms with van der Waals surface area (Å²) in [6, 6.07) is 12.8. The smallest absolute Gasteiger partial charge is 0.255 e. The highest BCUT2D eigenvalue weighted by Crippen LogP contribution is 2.32. The van der Waals surface area contributed by atoms with Crippen molar-refractivity contribution in [2.75, 3.05) is 10.3 Å². The summed E-state index contributed by atoms with van der Waals surface area (Å²) in [5.74, 6) is -1.59. The molecule has 4 rings (SSSR count). The van der Waals surface area contributed by atoms with Crippen LogP contribution in [0.3, 0.4) is 0 Å². The Hall–Kier alpha value is -3.61. The summed E-state index contributed by atoms with van der Waals surface area (Å²) in [4.78, 5) is 37.8. The number of nitrogens with zero attached hydrogens (tertiary/aromatic N) is 1. The van der Waals surface area contributed by atoms with Crippen LogP contribution in [-0.4, -0.2) is 22.8 Å². The Morgan fingerprint density at radius 1 is 1.04 bits per heavy atom. The number of fused-ring (bicyclic) bond motifs is 1. The summed E-state index contributed by atoms with van der Waals surface area (Å²) in [7, 11) is 0. The normalized spacial score (nSPS) is 21.1. The highest BCUT2D eigenvalue weighted by molar-refractivity contribution is 6.07. The monoisotopic (exact) mass is 377 g/mol. The number of nitrogens with one attached hydrogen (secondary N) is 2. The zero-order chi connectivity index (χ0) is 19.7. The number of hydrogen-bond donors (Lipinski definition) is 3. The van der Waals surface area contributed by atoms with Gasteiger partial charge in [0.1, 0.15) is 5.75 Å². The van der Waals surface area contributed by atoms with Crippen molar-refractivity contribution in [1.82, 2.24) is 5.43 Å². The second-order valence-electron chi connectivity index (χ2n) is 6.83. The zero-order valence-corrected chi connectivity index (χ0v) is 15.0. The molecule has 3 amide bonds. The average Bonchev–Trinajstić information content (AvgIpc) is 2.72. The second kappa shape index (κ2) is 7.19. The Balaban J connectivity index is 1.57. The first-order chi connectivity index (χ1) is 13.5. The van der Waals surface area contributed by atoms with Crippen LogP contribution >= 0.6 is 0 Å². The maximum Gasteiger partial charge on any atom is 0.255 e. The SMILES string of the molecule is O=C(Nc1ccccc1O)c1cccc(N2NC(=O)[C@H]3CC=CC[C@H]3C2=O)c1. The molecule has 3 N–H and O–H groups in total. The van der Waals surface area contributed by atoms with Crippen molar-refractivity contribution >= 4 is 29.1 Å². The minimum Gasteiger partial charge on any atom is -0.506 e. The molecule has 0 bridgehead atoms. The van der Waals surface area contributed by atoms with Gasteiger partial charge in [-0.1, -0.05) is 30.4 Å². The Labute approximate surface area is 161 Å². The minimum atomic E-state index is -0.433. The summed E-state index contributed by atoms with van der Waals surface area (Å²) in [6.45, 7) is 0. The molecule has 1 aliphatic carbocycles. The van der Waals surface area contributed by atoms with E-state index >= 15 is 0 Å². The van der Waals surface area contributed by atoms with Crippen LogP contribution in [0.15, 0.2) is 60.7 Å². The number of amides is 3. The van der Waals surface area contributed by atoms with Crippen molar-refractivity contribution in [3.63, 3.8) is 0 Å². The Morgan fingerprint density at radius 3 is 2.57 bits per heavy atom. The van der Waals surface area contributed by atoms with Gasteiger partial charge in [0, 0.05) is 5.56 Å². The molecular formula is C21H19N3O4. The molecule has 0 saturated carbocycles. The molecule has 7 heteroatoms. The number of allylic oxidation sites excluding steroid dienone is 2. The number of benzene rings is 2. The average molecular weight is 377 g/mol. The number of carbonyl (C=O) groups is 3. The number of anilines is 2. The van der Waals surface area contributed by atoms with E-state index in [2.05, 4.69) is 10.7 Å². The van der Waals surface area contributed by atoms with Crippen molar-refractivity contribution < 1.29 is 19.5 Å². The van der Waals surface area contributed by atoms with Crippen molar-refractivity contribution in [2.45, 2.75) is 12.8 Å². The van der Waals surface area contributed by atoms with E-state index in [0.717, 1.165) is 0 Å². The topological polar surface area (TPSA) is 98.7 Å². The van der Waals surface area contributed by atoms with Gasteiger partial charge in [0.05, 0.1) is 23.2 Å². The maximum atomic E-state index is 12.9. The molecule has 0 aromatic heterocycles. The quantitative estimate of drug-likeness (QED) is 0.566.